The molecule has 0 radical (unpaired) electrons. The second-order valence-corrected chi connectivity index (χ2v) is 12.3. The van der Waals surface area contributed by atoms with Crippen molar-refractivity contribution in [1.82, 2.24) is 20.0 Å². The Kier molecular flexibility index (Phi) is 8.24. The van der Waals surface area contributed by atoms with Crippen LogP contribution in [0.2, 0.25) is 0 Å². The van der Waals surface area contributed by atoms with Crippen molar-refractivity contribution >= 4 is 12.0 Å². The molecule has 2 aromatic carbocycles. The number of fused-ring (bicyclic) bond motifs is 2. The summed E-state index contributed by atoms with van der Waals surface area (Å²) in [7, 11) is 0. The maximum absolute atomic E-state index is 14.0. The van der Waals surface area contributed by atoms with Crippen LogP contribution >= 0.6 is 0 Å². The average Bonchev–Trinajstić information content (AvgIpc) is 3.65. The zero-order chi connectivity index (χ0) is 30.2. The Morgan fingerprint density at radius 2 is 1.71 bits per heavy atom. The molecule has 1 N–H and O–H groups in total. The van der Waals surface area contributed by atoms with Crippen LogP contribution in [-0.2, 0) is 9.53 Å². The second-order valence-electron chi connectivity index (χ2n) is 12.3. The summed E-state index contributed by atoms with van der Waals surface area (Å²) in [5.41, 5.74) is 1.40. The Morgan fingerprint density at radius 3 is 2.24 bits per heavy atom. The SMILES string of the molecule is C=C(C(CN1C[C@@H]2CC1C(=O)N2C(c1ccc(F)cc1)c1ccc(F)cc1)NC(=O)OC(C)(C)C)N1CCCC1C#N. The molecule has 4 atom stereocenters. The Labute approximate surface area is 245 Å². The molecular weight excluding hydrogens is 540 g/mol. The molecule has 3 heterocycles. The van der Waals surface area contributed by atoms with Crippen LogP contribution < -0.4 is 5.32 Å². The van der Waals surface area contributed by atoms with E-state index < -0.39 is 29.8 Å². The number of benzene rings is 2. The molecule has 10 heteroatoms. The minimum absolute atomic E-state index is 0.0809. The number of piperazine rings is 1. The van der Waals surface area contributed by atoms with Gasteiger partial charge in [0.25, 0.3) is 0 Å². The van der Waals surface area contributed by atoms with Crippen LogP contribution in [0.15, 0.2) is 60.8 Å². The van der Waals surface area contributed by atoms with Crippen LogP contribution in [0.1, 0.15) is 57.2 Å². The number of ether oxygens (including phenoxy) is 1. The van der Waals surface area contributed by atoms with Crippen molar-refractivity contribution in [2.75, 3.05) is 19.6 Å². The average molecular weight is 578 g/mol. The van der Waals surface area contributed by atoms with E-state index in [1.807, 2.05) is 9.80 Å². The minimum atomic E-state index is -0.697. The van der Waals surface area contributed by atoms with Gasteiger partial charge in [-0.2, -0.15) is 5.26 Å². The minimum Gasteiger partial charge on any atom is -0.444 e. The summed E-state index contributed by atoms with van der Waals surface area (Å²) in [6.07, 6.45) is 1.58. The summed E-state index contributed by atoms with van der Waals surface area (Å²) < 4.78 is 33.1. The van der Waals surface area contributed by atoms with Gasteiger partial charge in [-0.1, -0.05) is 30.8 Å². The number of nitriles is 1. The Morgan fingerprint density at radius 1 is 1.12 bits per heavy atom. The van der Waals surface area contributed by atoms with Gasteiger partial charge in [0.1, 0.15) is 23.3 Å². The highest BCUT2D eigenvalue weighted by molar-refractivity contribution is 5.86. The molecule has 8 nitrogen and oxygen atoms in total. The molecule has 0 aromatic heterocycles. The quantitative estimate of drug-likeness (QED) is 0.488. The maximum Gasteiger partial charge on any atom is 0.408 e. The monoisotopic (exact) mass is 577 g/mol. The van der Waals surface area contributed by atoms with Gasteiger partial charge in [-0.15, -0.1) is 0 Å². The fourth-order valence-corrected chi connectivity index (χ4v) is 6.40. The zero-order valence-electron chi connectivity index (χ0n) is 24.2. The van der Waals surface area contributed by atoms with Gasteiger partial charge in [0.15, 0.2) is 0 Å². The van der Waals surface area contributed by atoms with Gasteiger partial charge in [0, 0.05) is 31.4 Å². The number of hydrogen-bond donors (Lipinski definition) is 1. The van der Waals surface area contributed by atoms with Crippen molar-refractivity contribution in [2.24, 2.45) is 0 Å². The van der Waals surface area contributed by atoms with E-state index in [2.05, 4.69) is 22.9 Å². The normalized spacial score (nSPS) is 22.9. The molecule has 0 saturated carbocycles. The first-order valence-electron chi connectivity index (χ1n) is 14.4. The number of likely N-dealkylation sites (tertiary alicyclic amines) is 3. The van der Waals surface area contributed by atoms with E-state index >= 15 is 0 Å². The molecule has 3 unspecified atom stereocenters. The Bertz CT molecular complexity index is 1320. The van der Waals surface area contributed by atoms with Crippen molar-refractivity contribution in [3.63, 3.8) is 0 Å². The Balaban J connectivity index is 1.38. The molecule has 2 aromatic rings. The third-order valence-corrected chi connectivity index (χ3v) is 8.24. The number of nitrogens with zero attached hydrogens (tertiary/aromatic N) is 4. The molecule has 222 valence electrons. The molecule has 5 rings (SSSR count). The largest absolute Gasteiger partial charge is 0.444 e. The van der Waals surface area contributed by atoms with Crippen LogP contribution in [0.4, 0.5) is 13.6 Å². The van der Waals surface area contributed by atoms with Gasteiger partial charge in [0.05, 0.1) is 24.2 Å². The third kappa shape index (κ3) is 6.12. The molecule has 2 amide bonds. The lowest BCUT2D eigenvalue weighted by molar-refractivity contribution is -0.138. The number of hydrogen-bond acceptors (Lipinski definition) is 6. The van der Waals surface area contributed by atoms with Crippen molar-refractivity contribution in [2.45, 2.75) is 75.8 Å². The molecule has 2 bridgehead atoms. The predicted molar refractivity (Wildman–Crippen MR) is 153 cm³/mol. The van der Waals surface area contributed by atoms with Crippen molar-refractivity contribution in [3.05, 3.63) is 83.6 Å². The van der Waals surface area contributed by atoms with Crippen molar-refractivity contribution < 1.29 is 23.1 Å². The molecular formula is C32H37F2N5O3. The van der Waals surface area contributed by atoms with E-state index in [1.165, 1.54) is 24.3 Å². The smallest absolute Gasteiger partial charge is 0.408 e. The number of amides is 2. The van der Waals surface area contributed by atoms with E-state index in [0.29, 0.717) is 31.8 Å². The third-order valence-electron chi connectivity index (χ3n) is 8.24. The summed E-state index contributed by atoms with van der Waals surface area (Å²) in [5.74, 6) is -0.836. The first-order chi connectivity index (χ1) is 19.9. The lowest BCUT2D eigenvalue weighted by atomic mass is 9.95. The van der Waals surface area contributed by atoms with E-state index in [9.17, 15) is 23.6 Å². The standard InChI is InChI=1S/C32H37F2N5O3/c1-20(38-15-5-6-25(38)17-35)27(36-31(41)42-32(2,3)4)19-37-18-26-16-28(37)30(40)39(26)29(21-7-11-23(33)12-8-21)22-9-13-24(34)14-10-22/h7-14,25-29H,1,5-6,15-16,18-19H2,2-4H3,(H,36,41)/t25?,26-,27?,28?/m0/s1. The van der Waals surface area contributed by atoms with Crippen LogP contribution in [0.5, 0.6) is 0 Å². The second kappa shape index (κ2) is 11.7. The van der Waals surface area contributed by atoms with Crippen LogP contribution in [0, 0.1) is 23.0 Å². The fraction of sp³-hybridized carbons (Fsp3) is 0.469. The molecule has 3 fully saturated rings. The van der Waals surface area contributed by atoms with E-state index in [0.717, 1.165) is 24.0 Å². The van der Waals surface area contributed by atoms with Gasteiger partial charge in [-0.25, -0.2) is 13.6 Å². The number of alkyl carbamates (subject to hydrolysis) is 1. The van der Waals surface area contributed by atoms with Crippen LogP contribution in [-0.4, -0.2) is 76.1 Å². The fourth-order valence-electron chi connectivity index (χ4n) is 6.40. The molecule has 3 aliphatic rings. The molecule has 3 aliphatic heterocycles. The topological polar surface area (TPSA) is 88.9 Å². The number of carbonyl (C=O) groups excluding carboxylic acids is 2. The molecule has 3 saturated heterocycles. The number of nitrogens with one attached hydrogen (secondary N) is 1. The lowest BCUT2D eigenvalue weighted by Crippen LogP contribution is -2.56. The van der Waals surface area contributed by atoms with Gasteiger partial charge >= 0.3 is 6.09 Å². The first-order valence-corrected chi connectivity index (χ1v) is 14.4. The lowest BCUT2D eigenvalue weighted by Gasteiger charge is -2.41. The summed E-state index contributed by atoms with van der Waals surface area (Å²) in [4.78, 5) is 32.6. The molecule has 0 spiro atoms. The Hall–Kier alpha value is -3.97. The maximum atomic E-state index is 14.0. The summed E-state index contributed by atoms with van der Waals surface area (Å²) in [5, 5.41) is 12.6. The first kappa shape index (κ1) is 29.5. The van der Waals surface area contributed by atoms with Crippen LogP contribution in [0.25, 0.3) is 0 Å². The van der Waals surface area contributed by atoms with Crippen molar-refractivity contribution in [3.8, 4) is 6.07 Å². The van der Waals surface area contributed by atoms with Gasteiger partial charge in [-0.3, -0.25) is 9.69 Å². The highest BCUT2D eigenvalue weighted by Crippen LogP contribution is 2.41. The molecule has 42 heavy (non-hydrogen) atoms. The van der Waals surface area contributed by atoms with E-state index in [4.69, 9.17) is 4.74 Å². The summed E-state index contributed by atoms with van der Waals surface area (Å²) in [6, 6.07) is 12.5. The van der Waals surface area contributed by atoms with E-state index in [1.54, 1.807) is 45.0 Å². The number of carbonyl (C=O) groups is 2. The van der Waals surface area contributed by atoms with Gasteiger partial charge < -0.3 is 19.9 Å². The molecule has 0 aliphatic carbocycles. The van der Waals surface area contributed by atoms with Gasteiger partial charge in [-0.05, 0) is 75.4 Å². The summed E-state index contributed by atoms with van der Waals surface area (Å²) in [6.45, 7) is 11.2. The van der Waals surface area contributed by atoms with E-state index in [-0.39, 0.29) is 29.6 Å². The number of halogens is 2. The number of rotatable bonds is 8. The highest BCUT2D eigenvalue weighted by Gasteiger charge is 2.52. The summed E-state index contributed by atoms with van der Waals surface area (Å²) >= 11 is 0. The van der Waals surface area contributed by atoms with Gasteiger partial charge in [0.2, 0.25) is 5.91 Å². The van der Waals surface area contributed by atoms with Crippen molar-refractivity contribution in [1.29, 1.82) is 5.26 Å². The van der Waals surface area contributed by atoms with Crippen LogP contribution in [0.3, 0.4) is 0 Å². The zero-order valence-corrected chi connectivity index (χ0v) is 24.2. The predicted octanol–water partition coefficient (Wildman–Crippen LogP) is 4.73. The highest BCUT2D eigenvalue weighted by atomic mass is 19.1.